The van der Waals surface area contributed by atoms with E-state index in [1.807, 2.05) is 54.1 Å². The molecule has 2 amide bonds. The molecule has 0 unspecified atom stereocenters. The highest BCUT2D eigenvalue weighted by Crippen LogP contribution is 2.51. The molecule has 2 N–H and O–H groups in total. The van der Waals surface area contributed by atoms with Crippen LogP contribution in [0.15, 0.2) is 120 Å². The molecule has 1 heterocycles. The first-order valence-corrected chi connectivity index (χ1v) is 18.0. The summed E-state index contributed by atoms with van der Waals surface area (Å²) in [4.78, 5) is 32.0. The maximum Gasteiger partial charge on any atom is 0.416 e. The molecule has 6 aromatic rings. The zero-order valence-electron chi connectivity index (χ0n) is 28.7. The van der Waals surface area contributed by atoms with Crippen LogP contribution in [0.3, 0.4) is 0 Å². The van der Waals surface area contributed by atoms with Crippen molar-refractivity contribution in [3.05, 3.63) is 138 Å². The van der Waals surface area contributed by atoms with E-state index in [4.69, 9.17) is 4.98 Å². The molecule has 0 fully saturated rings. The van der Waals surface area contributed by atoms with Crippen LogP contribution in [0.4, 0.5) is 32.0 Å². The summed E-state index contributed by atoms with van der Waals surface area (Å²) in [6, 6.07) is 31.2. The van der Waals surface area contributed by atoms with Crippen molar-refractivity contribution in [1.29, 1.82) is 0 Å². The Balaban J connectivity index is 1.07. The molecule has 54 heavy (non-hydrogen) atoms. The lowest BCUT2D eigenvalue weighted by atomic mass is 9.73. The maximum absolute atomic E-state index is 13.8. The maximum atomic E-state index is 13.8. The van der Waals surface area contributed by atoms with Crippen LogP contribution in [0.5, 0.6) is 0 Å². The van der Waals surface area contributed by atoms with E-state index in [-0.39, 0.29) is 12.0 Å². The largest absolute Gasteiger partial charge is 0.416 e. The summed E-state index contributed by atoms with van der Waals surface area (Å²) in [5, 5.41) is 5.71. The number of benzene rings is 5. The average Bonchev–Trinajstić information content (AvgIpc) is 3.63. The minimum atomic E-state index is -4.56. The van der Waals surface area contributed by atoms with E-state index >= 15 is 0 Å². The SMILES string of the molecule is Cn1c(SCCCC2(C(=O)NCC(F)(F)F)c3ccccc3-c3ccccc32)nc2cc(NC(=O)c3ccccc3-c3ccc(C(F)(F)F)cc3)ccc21. The van der Waals surface area contributed by atoms with Gasteiger partial charge in [-0.25, -0.2) is 4.98 Å². The molecule has 1 aromatic heterocycles. The Bertz CT molecular complexity index is 2320. The van der Waals surface area contributed by atoms with Crippen LogP contribution in [-0.2, 0) is 23.4 Å². The normalized spacial score (nSPS) is 13.4. The zero-order valence-corrected chi connectivity index (χ0v) is 29.5. The predicted molar refractivity (Wildman–Crippen MR) is 197 cm³/mol. The minimum Gasteiger partial charge on any atom is -0.346 e. The number of rotatable bonds is 10. The lowest BCUT2D eigenvalue weighted by Crippen LogP contribution is -2.47. The van der Waals surface area contributed by atoms with Gasteiger partial charge in [0.1, 0.15) is 12.0 Å². The van der Waals surface area contributed by atoms with E-state index in [2.05, 4.69) is 10.6 Å². The number of aromatic nitrogens is 2. The second kappa shape index (κ2) is 14.3. The summed E-state index contributed by atoms with van der Waals surface area (Å²) in [6.07, 6.45) is -8.29. The van der Waals surface area contributed by atoms with Gasteiger partial charge in [0, 0.05) is 24.1 Å². The van der Waals surface area contributed by atoms with E-state index in [9.17, 15) is 35.9 Å². The molecular weight excluding hydrogens is 727 g/mol. The van der Waals surface area contributed by atoms with Crippen molar-refractivity contribution in [2.75, 3.05) is 17.6 Å². The average molecular weight is 759 g/mol. The van der Waals surface area contributed by atoms with Gasteiger partial charge >= 0.3 is 12.4 Å². The van der Waals surface area contributed by atoms with Crippen molar-refractivity contribution < 1.29 is 35.9 Å². The molecule has 0 aliphatic heterocycles. The van der Waals surface area contributed by atoms with Crippen molar-refractivity contribution in [1.82, 2.24) is 14.9 Å². The van der Waals surface area contributed by atoms with Crippen LogP contribution < -0.4 is 10.6 Å². The molecule has 1 aliphatic rings. The lowest BCUT2D eigenvalue weighted by Gasteiger charge is -2.31. The number of halogens is 6. The van der Waals surface area contributed by atoms with Crippen LogP contribution in [0, 0.1) is 0 Å². The summed E-state index contributed by atoms with van der Waals surface area (Å²) in [5.74, 6) is -0.625. The second-order valence-electron chi connectivity index (χ2n) is 13.0. The van der Waals surface area contributed by atoms with Crippen LogP contribution in [0.2, 0.25) is 0 Å². The fourth-order valence-corrected chi connectivity index (χ4v) is 8.07. The first-order valence-electron chi connectivity index (χ1n) is 17.0. The van der Waals surface area contributed by atoms with Gasteiger partial charge in [0.15, 0.2) is 5.16 Å². The molecule has 0 saturated heterocycles. The Hall–Kier alpha value is -5.56. The molecule has 0 radical (unpaired) electrons. The first-order chi connectivity index (χ1) is 25.8. The number of nitrogens with zero attached hydrogens (tertiary/aromatic N) is 2. The Morgan fingerprint density at radius 3 is 2.02 bits per heavy atom. The highest BCUT2D eigenvalue weighted by Gasteiger charge is 2.49. The number of aryl methyl sites for hydroxylation is 1. The van der Waals surface area contributed by atoms with Crippen LogP contribution >= 0.6 is 11.8 Å². The molecule has 6 nitrogen and oxygen atoms in total. The molecule has 0 bridgehead atoms. The summed E-state index contributed by atoms with van der Waals surface area (Å²) >= 11 is 1.45. The quantitative estimate of drug-likeness (QED) is 0.0829. The van der Waals surface area contributed by atoms with Gasteiger partial charge in [0.05, 0.1) is 16.6 Å². The predicted octanol–water partition coefficient (Wildman–Crippen LogP) is 10.0. The van der Waals surface area contributed by atoms with Gasteiger partial charge < -0.3 is 15.2 Å². The van der Waals surface area contributed by atoms with Crippen molar-refractivity contribution >= 4 is 40.3 Å². The van der Waals surface area contributed by atoms with E-state index in [1.54, 1.807) is 48.5 Å². The Labute approximate surface area is 310 Å². The number of imidazole rings is 1. The van der Waals surface area contributed by atoms with E-state index in [0.717, 1.165) is 28.8 Å². The minimum absolute atomic E-state index is 0.270. The number of hydrogen-bond acceptors (Lipinski definition) is 4. The van der Waals surface area contributed by atoms with Gasteiger partial charge in [-0.3, -0.25) is 9.59 Å². The van der Waals surface area contributed by atoms with Crippen LogP contribution in [0.1, 0.15) is 39.9 Å². The fraction of sp³-hybridized carbons (Fsp3) is 0.195. The summed E-state index contributed by atoms with van der Waals surface area (Å²) in [7, 11) is 1.85. The monoisotopic (exact) mass is 758 g/mol. The molecule has 0 atom stereocenters. The first kappa shape index (κ1) is 36.8. The van der Waals surface area contributed by atoms with Gasteiger partial charge in [-0.2, -0.15) is 26.3 Å². The van der Waals surface area contributed by atoms with E-state index in [1.165, 1.54) is 23.9 Å². The van der Waals surface area contributed by atoms with Gasteiger partial charge in [-0.15, -0.1) is 0 Å². The van der Waals surface area contributed by atoms with Crippen molar-refractivity contribution in [2.24, 2.45) is 7.05 Å². The van der Waals surface area contributed by atoms with E-state index in [0.29, 0.717) is 50.8 Å². The number of nitrogens with one attached hydrogen (secondary N) is 2. The third-order valence-electron chi connectivity index (χ3n) is 9.62. The van der Waals surface area contributed by atoms with E-state index < -0.39 is 41.7 Å². The summed E-state index contributed by atoms with van der Waals surface area (Å²) in [5.41, 5.74) is 4.01. The Kier molecular flexibility index (Phi) is 9.77. The number of thioether (sulfide) groups is 1. The van der Waals surface area contributed by atoms with Gasteiger partial charge in [-0.1, -0.05) is 90.6 Å². The number of anilines is 1. The van der Waals surface area contributed by atoms with Crippen molar-refractivity contribution in [3.63, 3.8) is 0 Å². The van der Waals surface area contributed by atoms with Gasteiger partial charge in [0.2, 0.25) is 5.91 Å². The zero-order chi connectivity index (χ0) is 38.3. The number of carbonyl (C=O) groups excluding carboxylic acids is 2. The number of alkyl halides is 6. The summed E-state index contributed by atoms with van der Waals surface area (Å²) in [6.45, 7) is -1.43. The third-order valence-corrected chi connectivity index (χ3v) is 10.7. The third kappa shape index (κ3) is 7.07. The Morgan fingerprint density at radius 2 is 1.39 bits per heavy atom. The molecule has 13 heteroatoms. The standard InChI is InChI=1S/C41H32F6N4O2S/c1-51-35-20-19-27(49-36(52)31-12-3-2-9-28(31)25-15-17-26(18-16-25)41(45,46)47)23-34(35)50-38(51)54-22-8-21-39(37(53)48-24-40(42,43)44)32-13-6-4-10-29(32)30-11-5-7-14-33(30)39/h2-7,9-20,23H,8,21-22,24H2,1H3,(H,48,53)(H,49,52). The Morgan fingerprint density at radius 1 is 0.778 bits per heavy atom. The molecule has 0 saturated carbocycles. The molecule has 7 rings (SSSR count). The number of carbonyl (C=O) groups is 2. The molecular formula is C41H32F6N4O2S. The number of fused-ring (bicyclic) bond motifs is 4. The number of hydrogen-bond donors (Lipinski definition) is 2. The fourth-order valence-electron chi connectivity index (χ4n) is 7.14. The number of amides is 2. The van der Waals surface area contributed by atoms with Crippen LogP contribution in [-0.4, -0.2) is 39.8 Å². The smallest absolute Gasteiger partial charge is 0.346 e. The molecule has 276 valence electrons. The molecule has 1 aliphatic carbocycles. The van der Waals surface area contributed by atoms with Gasteiger partial charge in [-0.05, 0) is 82.6 Å². The molecule has 0 spiro atoms. The topological polar surface area (TPSA) is 76.0 Å². The highest BCUT2D eigenvalue weighted by molar-refractivity contribution is 7.99. The summed E-state index contributed by atoms with van der Waals surface area (Å²) < 4.78 is 81.0. The van der Waals surface area contributed by atoms with Gasteiger partial charge in [0.25, 0.3) is 5.91 Å². The second-order valence-corrected chi connectivity index (χ2v) is 14.0. The molecule has 5 aromatic carbocycles. The van der Waals surface area contributed by atoms with Crippen molar-refractivity contribution in [2.45, 2.75) is 35.8 Å². The lowest BCUT2D eigenvalue weighted by molar-refractivity contribution is -0.141. The van der Waals surface area contributed by atoms with Crippen LogP contribution in [0.25, 0.3) is 33.3 Å². The van der Waals surface area contributed by atoms with Crippen molar-refractivity contribution in [3.8, 4) is 22.3 Å². The highest BCUT2D eigenvalue weighted by atomic mass is 32.2.